The Kier molecular flexibility index (Phi) is 8.63. The smallest absolute Gasteiger partial charge is 0.295 e. The molecular formula is C28H24N4O8S2. The predicted octanol–water partition coefficient (Wildman–Crippen LogP) is 7.21. The first-order valence-corrected chi connectivity index (χ1v) is 14.9. The normalized spacial score (nSPS) is 12.6. The van der Waals surface area contributed by atoms with Gasteiger partial charge in [0.25, 0.3) is 20.2 Å². The molecule has 0 radical (unpaired) electrons. The van der Waals surface area contributed by atoms with E-state index in [2.05, 4.69) is 20.5 Å². The summed E-state index contributed by atoms with van der Waals surface area (Å²) in [5, 5.41) is 35.6. The number of phenols is 2. The molecule has 216 valence electrons. The first kappa shape index (κ1) is 30.2. The zero-order valence-corrected chi connectivity index (χ0v) is 23.7. The number of hydrogen-bond acceptors (Lipinski definition) is 10. The summed E-state index contributed by atoms with van der Waals surface area (Å²) in [6.45, 7) is 3.58. The first-order chi connectivity index (χ1) is 19.7. The van der Waals surface area contributed by atoms with Crippen LogP contribution in [0.4, 0.5) is 22.7 Å². The van der Waals surface area contributed by atoms with Gasteiger partial charge in [-0.2, -0.15) is 27.1 Å². The van der Waals surface area contributed by atoms with E-state index in [1.807, 2.05) is 0 Å². The molecule has 0 bridgehead atoms. The second kappa shape index (κ2) is 12.0. The number of azo groups is 2. The first-order valence-electron chi connectivity index (χ1n) is 12.0. The lowest BCUT2D eigenvalue weighted by Crippen LogP contribution is -2.01. The van der Waals surface area contributed by atoms with Crippen molar-refractivity contribution in [1.29, 1.82) is 0 Å². The fraction of sp³-hybridized carbons (Fsp3) is 0.0714. The molecule has 42 heavy (non-hydrogen) atoms. The maximum Gasteiger partial charge on any atom is 0.295 e. The van der Waals surface area contributed by atoms with Crippen LogP contribution < -0.4 is 0 Å². The summed E-state index contributed by atoms with van der Waals surface area (Å²) in [5.74, 6) is -0.260. The zero-order chi connectivity index (χ0) is 30.7. The molecule has 0 spiro atoms. The molecule has 4 N–H and O–H groups in total. The minimum absolute atomic E-state index is 0.0187. The molecule has 0 atom stereocenters. The quantitative estimate of drug-likeness (QED) is 0.0913. The Bertz CT molecular complexity index is 1840. The molecule has 0 fully saturated rings. The Morgan fingerprint density at radius 3 is 1.29 bits per heavy atom. The third-order valence-electron chi connectivity index (χ3n) is 5.80. The van der Waals surface area contributed by atoms with Gasteiger partial charge in [0.05, 0.1) is 11.4 Å². The summed E-state index contributed by atoms with van der Waals surface area (Å²) in [5.41, 5.74) is 2.00. The minimum Gasteiger partial charge on any atom is -0.506 e. The van der Waals surface area contributed by atoms with Crippen LogP contribution in [0, 0.1) is 13.8 Å². The van der Waals surface area contributed by atoms with Gasteiger partial charge in [-0.05, 0) is 84.6 Å². The third-order valence-corrected chi connectivity index (χ3v) is 7.62. The van der Waals surface area contributed by atoms with Crippen LogP contribution >= 0.6 is 0 Å². The summed E-state index contributed by atoms with van der Waals surface area (Å²) in [6, 6.07) is 16.9. The van der Waals surface area contributed by atoms with E-state index in [-0.39, 0.29) is 45.4 Å². The summed E-state index contributed by atoms with van der Waals surface area (Å²) < 4.78 is 68.1. The van der Waals surface area contributed by atoms with Crippen LogP contribution in [0.3, 0.4) is 0 Å². The molecule has 12 nitrogen and oxygen atoms in total. The lowest BCUT2D eigenvalue weighted by molar-refractivity contribution is 0.475. The molecule has 0 heterocycles. The number of aromatic hydroxyl groups is 2. The largest absolute Gasteiger partial charge is 0.506 e. The molecule has 0 amide bonds. The molecule has 0 saturated heterocycles. The summed E-state index contributed by atoms with van der Waals surface area (Å²) >= 11 is 0. The van der Waals surface area contributed by atoms with Crippen molar-refractivity contribution in [2.24, 2.45) is 20.5 Å². The van der Waals surface area contributed by atoms with Crippen LogP contribution in [-0.2, 0) is 20.2 Å². The van der Waals surface area contributed by atoms with Crippen molar-refractivity contribution in [3.8, 4) is 11.5 Å². The predicted molar refractivity (Wildman–Crippen MR) is 155 cm³/mol. The van der Waals surface area contributed by atoms with Crippen LogP contribution in [0.25, 0.3) is 12.2 Å². The second-order valence-corrected chi connectivity index (χ2v) is 11.9. The van der Waals surface area contributed by atoms with Crippen molar-refractivity contribution in [2.45, 2.75) is 23.6 Å². The van der Waals surface area contributed by atoms with Gasteiger partial charge in [0.2, 0.25) is 0 Å². The van der Waals surface area contributed by atoms with Gasteiger partial charge in [-0.15, -0.1) is 10.2 Å². The van der Waals surface area contributed by atoms with Gasteiger partial charge in [0.15, 0.2) is 0 Å². The molecule has 0 aromatic heterocycles. The van der Waals surface area contributed by atoms with Crippen molar-refractivity contribution in [1.82, 2.24) is 0 Å². The molecule has 4 rings (SSSR count). The number of phenolic OH excluding ortho intramolecular Hbond substituents is 2. The van der Waals surface area contributed by atoms with E-state index in [0.29, 0.717) is 0 Å². The number of aryl methyl sites for hydroxylation is 2. The topological polar surface area (TPSA) is 199 Å². The van der Waals surface area contributed by atoms with Crippen molar-refractivity contribution >= 4 is 55.1 Å². The third kappa shape index (κ3) is 7.50. The Balaban J connectivity index is 1.69. The molecule has 4 aromatic carbocycles. The van der Waals surface area contributed by atoms with E-state index in [1.54, 1.807) is 38.1 Å². The maximum atomic E-state index is 12.1. The molecule has 0 unspecified atom stereocenters. The fourth-order valence-corrected chi connectivity index (χ4v) is 5.13. The Morgan fingerprint density at radius 1 is 0.548 bits per heavy atom. The molecule has 14 heteroatoms. The van der Waals surface area contributed by atoms with E-state index in [1.165, 1.54) is 48.6 Å². The highest BCUT2D eigenvalue weighted by Crippen LogP contribution is 2.32. The van der Waals surface area contributed by atoms with E-state index in [4.69, 9.17) is 0 Å². The lowest BCUT2D eigenvalue weighted by atomic mass is 10.1. The number of rotatable bonds is 8. The highest BCUT2D eigenvalue weighted by molar-refractivity contribution is 7.86. The van der Waals surface area contributed by atoms with Crippen LogP contribution in [0.1, 0.15) is 22.3 Å². The number of hydrogen-bond donors (Lipinski definition) is 4. The van der Waals surface area contributed by atoms with Crippen LogP contribution in [0.2, 0.25) is 0 Å². The van der Waals surface area contributed by atoms with E-state index < -0.39 is 30.0 Å². The van der Waals surface area contributed by atoms with E-state index in [9.17, 15) is 36.2 Å². The Labute approximate surface area is 241 Å². The summed E-state index contributed by atoms with van der Waals surface area (Å²) in [6.07, 6.45) is 2.46. The number of benzene rings is 4. The van der Waals surface area contributed by atoms with Gasteiger partial charge in [-0.3, -0.25) is 9.11 Å². The Morgan fingerprint density at radius 2 is 0.929 bits per heavy atom. The SMILES string of the molecule is Cc1ccc(O)c(N=Nc2ccc(C=Cc3ccc(N=Nc4cc(C)ccc4O)cc3S(=O)(=O)O)c(S(=O)(=O)O)c2)c1. The highest BCUT2D eigenvalue weighted by atomic mass is 32.2. The summed E-state index contributed by atoms with van der Waals surface area (Å²) in [4.78, 5) is -1.08. The van der Waals surface area contributed by atoms with Gasteiger partial charge in [-0.25, -0.2) is 0 Å². The molecule has 0 aliphatic heterocycles. The number of nitrogens with zero attached hydrogens (tertiary/aromatic N) is 4. The lowest BCUT2D eigenvalue weighted by Gasteiger charge is -2.06. The van der Waals surface area contributed by atoms with Crippen molar-refractivity contribution in [3.63, 3.8) is 0 Å². The van der Waals surface area contributed by atoms with Crippen LogP contribution in [0.15, 0.2) is 103 Å². The standard InChI is InChI=1S/C28H24N4O8S2/c1-17-3-11-25(33)23(13-17)31-29-21-9-7-19(27(15-21)41(35,36)37)5-6-20-8-10-22(16-28(20)42(38,39)40)30-32-24-14-18(2)4-12-26(24)34/h3-16,33-34H,1-2H3,(H,35,36,37)(H,38,39,40). The minimum atomic E-state index is -4.76. The Hall–Kier alpha value is -4.76. The molecule has 0 aliphatic carbocycles. The van der Waals surface area contributed by atoms with E-state index in [0.717, 1.165) is 23.3 Å². The van der Waals surface area contributed by atoms with Crippen molar-refractivity contribution in [3.05, 3.63) is 95.1 Å². The van der Waals surface area contributed by atoms with Gasteiger partial charge >= 0.3 is 0 Å². The summed E-state index contributed by atoms with van der Waals surface area (Å²) in [7, 11) is -9.52. The van der Waals surface area contributed by atoms with Crippen molar-refractivity contribution < 1.29 is 36.2 Å². The van der Waals surface area contributed by atoms with Crippen LogP contribution in [0.5, 0.6) is 11.5 Å². The maximum absolute atomic E-state index is 12.1. The van der Waals surface area contributed by atoms with E-state index >= 15 is 0 Å². The molecular weight excluding hydrogens is 584 g/mol. The van der Waals surface area contributed by atoms with Gasteiger partial charge < -0.3 is 10.2 Å². The fourth-order valence-electron chi connectivity index (χ4n) is 3.72. The average Bonchev–Trinajstić information content (AvgIpc) is 2.92. The average molecular weight is 609 g/mol. The van der Waals surface area contributed by atoms with Gasteiger partial charge in [-0.1, -0.05) is 36.4 Å². The zero-order valence-electron chi connectivity index (χ0n) is 22.1. The van der Waals surface area contributed by atoms with Crippen molar-refractivity contribution in [2.75, 3.05) is 0 Å². The van der Waals surface area contributed by atoms with Crippen LogP contribution in [-0.4, -0.2) is 36.2 Å². The van der Waals surface area contributed by atoms with Gasteiger partial charge in [0, 0.05) is 0 Å². The second-order valence-electron chi connectivity index (χ2n) is 9.11. The molecule has 0 saturated carbocycles. The molecule has 0 aliphatic rings. The molecule has 4 aromatic rings. The highest BCUT2D eigenvalue weighted by Gasteiger charge is 2.18. The van der Waals surface area contributed by atoms with Gasteiger partial charge in [0.1, 0.15) is 32.7 Å². The monoisotopic (exact) mass is 608 g/mol.